The van der Waals surface area contributed by atoms with Crippen LogP contribution in [0.2, 0.25) is 5.02 Å². The molecule has 1 atom stereocenters. The Labute approximate surface area is 190 Å². The highest BCUT2D eigenvalue weighted by atomic mass is 35.5. The minimum atomic E-state index is -1.36. The second-order valence-corrected chi connectivity index (χ2v) is 9.41. The predicted molar refractivity (Wildman–Crippen MR) is 122 cm³/mol. The number of halogens is 2. The van der Waals surface area contributed by atoms with Crippen LogP contribution >= 0.6 is 23.4 Å². The number of aromatic nitrogens is 3. The molecule has 2 N–H and O–H groups in total. The van der Waals surface area contributed by atoms with E-state index in [1.807, 2.05) is 12.1 Å². The van der Waals surface area contributed by atoms with Crippen molar-refractivity contribution in [1.82, 2.24) is 15.0 Å². The summed E-state index contributed by atoms with van der Waals surface area (Å²) in [6.07, 6.45) is 4.86. The topological polar surface area (TPSA) is 84.9 Å². The summed E-state index contributed by atoms with van der Waals surface area (Å²) >= 11 is 6.14. The third-order valence-corrected chi connectivity index (χ3v) is 6.63. The molecule has 158 valence electrons. The summed E-state index contributed by atoms with van der Waals surface area (Å²) in [5.74, 6) is 0.0178. The Hall–Kier alpha value is -2.52. The first kappa shape index (κ1) is 21.7. The van der Waals surface area contributed by atoms with Crippen LogP contribution in [-0.2, 0) is 16.9 Å². The number of phenolic OH excluding ortho intramolecular Hbond substituents is 1. The van der Waals surface area contributed by atoms with E-state index in [0.717, 1.165) is 16.8 Å². The molecule has 0 radical (unpaired) electrons. The lowest BCUT2D eigenvalue weighted by atomic mass is 10.1. The highest BCUT2D eigenvalue weighted by molar-refractivity contribution is 7.98. The summed E-state index contributed by atoms with van der Waals surface area (Å²) < 4.78 is 25.3. The zero-order valence-electron chi connectivity index (χ0n) is 16.3. The molecule has 0 fully saturated rings. The summed E-state index contributed by atoms with van der Waals surface area (Å²) in [5, 5.41) is 11.5. The molecule has 0 bridgehead atoms. The smallest absolute Gasteiger partial charge is 0.195 e. The molecule has 2 aromatic heterocycles. The third-order valence-electron chi connectivity index (χ3n) is 4.56. The van der Waals surface area contributed by atoms with Crippen molar-refractivity contribution in [2.45, 2.75) is 15.8 Å². The normalized spacial score (nSPS) is 12.1. The quantitative estimate of drug-likeness (QED) is 0.278. The van der Waals surface area contributed by atoms with Crippen LogP contribution in [0.4, 0.5) is 4.39 Å². The Morgan fingerprint density at radius 1 is 1.13 bits per heavy atom. The van der Waals surface area contributed by atoms with Crippen LogP contribution < -0.4 is 0 Å². The Morgan fingerprint density at radius 3 is 2.52 bits per heavy atom. The van der Waals surface area contributed by atoms with Gasteiger partial charge in [-0.3, -0.25) is 4.98 Å². The largest absolute Gasteiger partial charge is 0.612 e. The summed E-state index contributed by atoms with van der Waals surface area (Å²) in [6.45, 7) is 0. The summed E-state index contributed by atoms with van der Waals surface area (Å²) in [6, 6.07) is 13.0. The number of rotatable bonds is 6. The standard InChI is InChI=1S/C22H17ClFN3O2S2/c1-31(29)18-11-16(23)10-15(21(18)28)12-30-22-26-19(13-2-4-17(24)5-3-13)20(27-22)14-6-8-25-9-7-14/h2-11,28H,12H2,1H3,(H,26,27). The van der Waals surface area contributed by atoms with Crippen molar-refractivity contribution in [3.8, 4) is 28.3 Å². The fraction of sp³-hybridized carbons (Fsp3) is 0.0909. The number of benzene rings is 2. The van der Waals surface area contributed by atoms with Crippen LogP contribution in [0.15, 0.2) is 71.0 Å². The first-order valence-electron chi connectivity index (χ1n) is 9.16. The molecule has 0 aliphatic rings. The van der Waals surface area contributed by atoms with Gasteiger partial charge in [0.15, 0.2) is 15.8 Å². The molecular formula is C22H17ClFN3O2S2. The molecule has 4 rings (SSSR count). The average molecular weight is 474 g/mol. The van der Waals surface area contributed by atoms with Gasteiger partial charge in [0.1, 0.15) is 12.1 Å². The number of phenols is 1. The molecular weight excluding hydrogens is 457 g/mol. The lowest BCUT2D eigenvalue weighted by Gasteiger charge is -2.10. The molecule has 5 nitrogen and oxygen atoms in total. The van der Waals surface area contributed by atoms with Gasteiger partial charge in [0, 0.05) is 45.9 Å². The highest BCUT2D eigenvalue weighted by Gasteiger charge is 2.19. The van der Waals surface area contributed by atoms with Gasteiger partial charge in [-0.2, -0.15) is 0 Å². The van der Waals surface area contributed by atoms with Gasteiger partial charge in [-0.15, -0.1) is 0 Å². The van der Waals surface area contributed by atoms with Gasteiger partial charge in [0.25, 0.3) is 0 Å². The van der Waals surface area contributed by atoms with Gasteiger partial charge < -0.3 is 14.6 Å². The predicted octanol–water partition coefficient (Wildman–Crippen LogP) is 5.67. The van der Waals surface area contributed by atoms with E-state index in [1.54, 1.807) is 30.6 Å². The van der Waals surface area contributed by atoms with E-state index < -0.39 is 11.2 Å². The van der Waals surface area contributed by atoms with Crippen molar-refractivity contribution in [3.05, 3.63) is 77.3 Å². The van der Waals surface area contributed by atoms with Crippen molar-refractivity contribution in [2.75, 3.05) is 6.26 Å². The number of thioether (sulfide) groups is 1. The monoisotopic (exact) mass is 473 g/mol. The molecule has 4 aromatic rings. The number of pyridine rings is 1. The number of nitrogens with one attached hydrogen (secondary N) is 1. The average Bonchev–Trinajstić information content (AvgIpc) is 3.19. The van der Waals surface area contributed by atoms with E-state index in [4.69, 9.17) is 16.6 Å². The maximum atomic E-state index is 13.4. The van der Waals surface area contributed by atoms with Crippen LogP contribution in [0.3, 0.4) is 0 Å². The van der Waals surface area contributed by atoms with Crippen molar-refractivity contribution < 1.29 is 14.0 Å². The molecule has 0 saturated heterocycles. The first-order chi connectivity index (χ1) is 14.9. The Bertz CT molecular complexity index is 1200. The molecule has 2 aromatic carbocycles. The van der Waals surface area contributed by atoms with E-state index in [0.29, 0.717) is 32.1 Å². The second kappa shape index (κ2) is 9.32. The molecule has 0 saturated carbocycles. The zero-order chi connectivity index (χ0) is 22.0. The fourth-order valence-electron chi connectivity index (χ4n) is 3.07. The number of hydrogen-bond acceptors (Lipinski definition) is 5. The Kier molecular flexibility index (Phi) is 6.52. The zero-order valence-corrected chi connectivity index (χ0v) is 18.7. The molecule has 0 aliphatic carbocycles. The van der Waals surface area contributed by atoms with Crippen LogP contribution in [-0.4, -0.2) is 30.9 Å². The van der Waals surface area contributed by atoms with Gasteiger partial charge in [-0.25, -0.2) is 9.37 Å². The lowest BCUT2D eigenvalue weighted by Crippen LogP contribution is -1.99. The molecule has 1 unspecified atom stereocenters. The maximum absolute atomic E-state index is 13.4. The summed E-state index contributed by atoms with van der Waals surface area (Å²) in [5.41, 5.74) is 3.68. The van der Waals surface area contributed by atoms with Crippen molar-refractivity contribution in [2.24, 2.45) is 0 Å². The van der Waals surface area contributed by atoms with E-state index >= 15 is 0 Å². The van der Waals surface area contributed by atoms with E-state index in [1.165, 1.54) is 36.2 Å². The van der Waals surface area contributed by atoms with Crippen LogP contribution in [0, 0.1) is 5.82 Å². The Balaban J connectivity index is 1.68. The van der Waals surface area contributed by atoms with E-state index in [2.05, 4.69) is 9.97 Å². The maximum Gasteiger partial charge on any atom is 0.195 e. The fourth-order valence-corrected chi connectivity index (χ4v) is 4.91. The molecule has 31 heavy (non-hydrogen) atoms. The Morgan fingerprint density at radius 2 is 1.84 bits per heavy atom. The third kappa shape index (κ3) is 4.88. The van der Waals surface area contributed by atoms with Gasteiger partial charge in [0.2, 0.25) is 0 Å². The van der Waals surface area contributed by atoms with Crippen molar-refractivity contribution in [3.63, 3.8) is 0 Å². The highest BCUT2D eigenvalue weighted by Crippen LogP contribution is 2.37. The van der Waals surface area contributed by atoms with Gasteiger partial charge in [-0.1, -0.05) is 23.4 Å². The van der Waals surface area contributed by atoms with Crippen molar-refractivity contribution >= 4 is 34.5 Å². The van der Waals surface area contributed by atoms with Gasteiger partial charge in [0.05, 0.1) is 11.4 Å². The number of imidazole rings is 1. The minimum absolute atomic E-state index is 0.0302. The molecule has 2 heterocycles. The molecule has 0 amide bonds. The molecule has 0 spiro atoms. The van der Waals surface area contributed by atoms with Gasteiger partial charge in [-0.05, 0) is 53.6 Å². The SMILES string of the molecule is C[S+]([O-])c1cc(Cl)cc(CSc2nc(-c3ccncc3)c(-c3ccc(F)cc3)[nH]2)c1O. The van der Waals surface area contributed by atoms with Crippen LogP contribution in [0.1, 0.15) is 5.56 Å². The number of aromatic hydroxyl groups is 1. The van der Waals surface area contributed by atoms with E-state index in [9.17, 15) is 14.0 Å². The van der Waals surface area contributed by atoms with Gasteiger partial charge >= 0.3 is 0 Å². The summed E-state index contributed by atoms with van der Waals surface area (Å²) in [4.78, 5) is 12.4. The number of nitrogens with zero attached hydrogens (tertiary/aromatic N) is 2. The second-order valence-electron chi connectivity index (χ2n) is 6.66. The first-order valence-corrected chi connectivity index (χ1v) is 12.1. The number of aromatic amines is 1. The van der Waals surface area contributed by atoms with Crippen LogP contribution in [0.25, 0.3) is 22.5 Å². The van der Waals surface area contributed by atoms with Crippen molar-refractivity contribution in [1.29, 1.82) is 0 Å². The van der Waals surface area contributed by atoms with E-state index in [-0.39, 0.29) is 11.6 Å². The molecule has 0 aliphatic heterocycles. The summed E-state index contributed by atoms with van der Waals surface area (Å²) in [7, 11) is 0. The van der Waals surface area contributed by atoms with Crippen LogP contribution in [0.5, 0.6) is 5.75 Å². The lowest BCUT2D eigenvalue weighted by molar-refractivity contribution is 0.454. The minimum Gasteiger partial charge on any atom is -0.612 e. The number of H-pyrrole nitrogens is 1. The molecule has 9 heteroatoms. The number of hydrogen-bond donors (Lipinski definition) is 2.